The molecule has 1 atom stereocenters. The van der Waals surface area contributed by atoms with Gasteiger partial charge < -0.3 is 25.2 Å². The van der Waals surface area contributed by atoms with Crippen molar-refractivity contribution in [1.82, 2.24) is 15.5 Å². The van der Waals surface area contributed by atoms with E-state index in [1.165, 1.54) is 25.0 Å². The molecular formula is C20H33F2IN4O3. The van der Waals surface area contributed by atoms with Gasteiger partial charge in [0.1, 0.15) is 5.75 Å². The number of guanidine groups is 1. The number of hydrogen-bond acceptors (Lipinski definition) is 5. The molecule has 1 aliphatic carbocycles. The molecule has 3 N–H and O–H groups in total. The van der Waals surface area contributed by atoms with Crippen LogP contribution < -0.4 is 15.4 Å². The van der Waals surface area contributed by atoms with Gasteiger partial charge in [-0.1, -0.05) is 12.1 Å². The molecule has 1 aromatic rings. The summed E-state index contributed by atoms with van der Waals surface area (Å²) >= 11 is 0. The highest BCUT2D eigenvalue weighted by Gasteiger charge is 2.28. The van der Waals surface area contributed by atoms with E-state index in [0.717, 1.165) is 26.2 Å². The van der Waals surface area contributed by atoms with E-state index in [9.17, 15) is 13.9 Å². The van der Waals surface area contributed by atoms with Gasteiger partial charge in [-0.25, -0.2) is 0 Å². The lowest BCUT2D eigenvalue weighted by Gasteiger charge is -2.22. The molecule has 30 heavy (non-hydrogen) atoms. The molecule has 7 nitrogen and oxygen atoms in total. The predicted molar refractivity (Wildman–Crippen MR) is 124 cm³/mol. The van der Waals surface area contributed by atoms with Gasteiger partial charge in [-0.05, 0) is 37.5 Å². The predicted octanol–water partition coefficient (Wildman–Crippen LogP) is 2.61. The Morgan fingerprint density at radius 3 is 2.50 bits per heavy atom. The quantitative estimate of drug-likeness (QED) is 0.202. The van der Waals surface area contributed by atoms with Crippen LogP contribution in [0, 0.1) is 0 Å². The van der Waals surface area contributed by atoms with Gasteiger partial charge in [0.2, 0.25) is 0 Å². The second-order valence-corrected chi connectivity index (χ2v) is 6.87. The molecule has 0 amide bonds. The van der Waals surface area contributed by atoms with E-state index in [1.807, 2.05) is 6.92 Å². The monoisotopic (exact) mass is 542 g/mol. The van der Waals surface area contributed by atoms with Crippen LogP contribution in [-0.4, -0.2) is 75.1 Å². The van der Waals surface area contributed by atoms with Gasteiger partial charge in [-0.2, -0.15) is 8.78 Å². The van der Waals surface area contributed by atoms with Gasteiger partial charge in [-0.15, -0.1) is 24.0 Å². The van der Waals surface area contributed by atoms with E-state index < -0.39 is 12.7 Å². The van der Waals surface area contributed by atoms with E-state index in [-0.39, 0.29) is 36.3 Å². The van der Waals surface area contributed by atoms with Crippen LogP contribution in [0.3, 0.4) is 0 Å². The molecule has 0 spiro atoms. The summed E-state index contributed by atoms with van der Waals surface area (Å²) in [6.07, 6.45) is 1.65. The number of nitrogens with zero attached hydrogens (tertiary/aromatic N) is 2. The molecular weight excluding hydrogens is 509 g/mol. The number of rotatable bonds is 13. The molecule has 0 radical (unpaired) electrons. The van der Waals surface area contributed by atoms with Crippen LogP contribution in [-0.2, 0) is 4.74 Å². The summed E-state index contributed by atoms with van der Waals surface area (Å²) in [5, 5.41) is 16.8. The lowest BCUT2D eigenvalue weighted by Crippen LogP contribution is -2.43. The zero-order valence-electron chi connectivity index (χ0n) is 17.5. The molecule has 0 aliphatic heterocycles. The number of aliphatic imine (C=N–C) groups is 1. The van der Waals surface area contributed by atoms with Crippen molar-refractivity contribution in [3.63, 3.8) is 0 Å². The van der Waals surface area contributed by atoms with Crippen molar-refractivity contribution in [2.45, 2.75) is 38.5 Å². The number of ether oxygens (including phenoxy) is 2. The Kier molecular flexibility index (Phi) is 13.1. The third kappa shape index (κ3) is 10.2. The normalized spacial score (nSPS) is 15.1. The number of nitrogens with one attached hydrogen (secondary N) is 2. The zero-order chi connectivity index (χ0) is 21.1. The maximum absolute atomic E-state index is 12.2. The van der Waals surface area contributed by atoms with Gasteiger partial charge in [0.05, 0.1) is 19.3 Å². The molecule has 2 rings (SSSR count). The lowest BCUT2D eigenvalue weighted by molar-refractivity contribution is -0.0498. The van der Waals surface area contributed by atoms with Crippen LogP contribution in [0.5, 0.6) is 5.75 Å². The van der Waals surface area contributed by atoms with Crippen LogP contribution in [0.1, 0.15) is 31.4 Å². The number of methoxy groups -OCH3 is 1. The van der Waals surface area contributed by atoms with Crippen LogP contribution >= 0.6 is 24.0 Å². The molecule has 1 aromatic carbocycles. The van der Waals surface area contributed by atoms with E-state index >= 15 is 0 Å². The number of aliphatic hydroxyl groups is 1. The fraction of sp³-hybridized carbons (Fsp3) is 0.650. The summed E-state index contributed by atoms with van der Waals surface area (Å²) in [4.78, 5) is 6.84. The summed E-state index contributed by atoms with van der Waals surface area (Å²) in [5.41, 5.74) is 0.589. The largest absolute Gasteiger partial charge is 0.435 e. The Hall–Kier alpha value is -1.24. The molecule has 0 aromatic heterocycles. The summed E-state index contributed by atoms with van der Waals surface area (Å²) in [6.45, 7) is 3.24. The smallest absolute Gasteiger partial charge is 0.387 e. The Bertz CT molecular complexity index is 619. The highest BCUT2D eigenvalue weighted by atomic mass is 127. The minimum atomic E-state index is -2.87. The molecule has 1 saturated carbocycles. The van der Waals surface area contributed by atoms with Crippen LogP contribution in [0.2, 0.25) is 0 Å². The number of aliphatic hydroxyl groups excluding tert-OH is 1. The van der Waals surface area contributed by atoms with E-state index in [1.54, 1.807) is 19.2 Å². The van der Waals surface area contributed by atoms with Gasteiger partial charge in [-0.3, -0.25) is 9.89 Å². The second-order valence-electron chi connectivity index (χ2n) is 6.87. The lowest BCUT2D eigenvalue weighted by atomic mass is 10.1. The first-order chi connectivity index (χ1) is 14.0. The molecule has 0 saturated heterocycles. The standard InChI is InChI=1S/C20H32F2N4O3.HI/c1-3-23-20(24-10-11-26(12-13-28-2)16-6-7-16)25-14-18(27)15-4-8-17(9-5-15)29-19(21)22;/h4-5,8-9,16,18-19,27H,3,6-7,10-14H2,1-2H3,(H2,23,24,25);1H. The fourth-order valence-corrected chi connectivity index (χ4v) is 2.94. The van der Waals surface area contributed by atoms with Crippen LogP contribution in [0.15, 0.2) is 29.3 Å². The van der Waals surface area contributed by atoms with E-state index in [4.69, 9.17) is 4.74 Å². The van der Waals surface area contributed by atoms with Crippen molar-refractivity contribution in [2.24, 2.45) is 4.99 Å². The first-order valence-electron chi connectivity index (χ1n) is 10.0. The number of halogens is 3. The summed E-state index contributed by atoms with van der Waals surface area (Å²) < 4.78 is 33.9. The Labute approximate surface area is 194 Å². The van der Waals surface area contributed by atoms with E-state index in [2.05, 4.69) is 25.3 Å². The number of benzene rings is 1. The van der Waals surface area contributed by atoms with Crippen LogP contribution in [0.4, 0.5) is 8.78 Å². The highest BCUT2D eigenvalue weighted by Crippen LogP contribution is 2.26. The summed E-state index contributed by atoms with van der Waals surface area (Å²) in [7, 11) is 1.71. The van der Waals surface area contributed by atoms with Crippen molar-refractivity contribution in [1.29, 1.82) is 0 Å². The third-order valence-corrected chi connectivity index (χ3v) is 4.59. The van der Waals surface area contributed by atoms with Crippen LogP contribution in [0.25, 0.3) is 0 Å². The van der Waals surface area contributed by atoms with Crippen molar-refractivity contribution in [3.8, 4) is 5.75 Å². The van der Waals surface area contributed by atoms with Crippen molar-refractivity contribution in [2.75, 3.05) is 46.4 Å². The molecule has 1 aliphatic rings. The molecule has 1 fully saturated rings. The van der Waals surface area contributed by atoms with Crippen molar-refractivity contribution >= 4 is 29.9 Å². The third-order valence-electron chi connectivity index (χ3n) is 4.59. The number of alkyl halides is 2. The minimum Gasteiger partial charge on any atom is -0.435 e. The average Bonchev–Trinajstić information content (AvgIpc) is 3.53. The zero-order valence-corrected chi connectivity index (χ0v) is 19.9. The average molecular weight is 542 g/mol. The summed E-state index contributed by atoms with van der Waals surface area (Å²) in [6, 6.07) is 6.59. The molecule has 0 bridgehead atoms. The van der Waals surface area contributed by atoms with Gasteiger partial charge >= 0.3 is 6.61 Å². The topological polar surface area (TPSA) is 78.4 Å². The van der Waals surface area contributed by atoms with Crippen molar-refractivity contribution < 1.29 is 23.4 Å². The van der Waals surface area contributed by atoms with E-state index in [0.29, 0.717) is 24.1 Å². The van der Waals surface area contributed by atoms with Gasteiger partial charge in [0.25, 0.3) is 0 Å². The first-order valence-corrected chi connectivity index (χ1v) is 10.0. The maximum Gasteiger partial charge on any atom is 0.387 e. The molecule has 10 heteroatoms. The maximum atomic E-state index is 12.2. The minimum absolute atomic E-state index is 0. The summed E-state index contributed by atoms with van der Waals surface area (Å²) in [5.74, 6) is 0.690. The highest BCUT2D eigenvalue weighted by molar-refractivity contribution is 14.0. The molecule has 0 heterocycles. The molecule has 1 unspecified atom stereocenters. The SMILES string of the molecule is CCNC(=NCC(O)c1ccc(OC(F)F)cc1)NCCN(CCOC)C1CC1.I. The Morgan fingerprint density at radius 1 is 1.23 bits per heavy atom. The second kappa shape index (κ2) is 14.7. The first kappa shape index (κ1) is 26.8. The Balaban J connectivity index is 0.00000450. The molecule has 172 valence electrons. The Morgan fingerprint density at radius 2 is 1.93 bits per heavy atom. The fourth-order valence-electron chi connectivity index (χ4n) is 2.94. The number of hydrogen-bond donors (Lipinski definition) is 3. The van der Waals surface area contributed by atoms with Gasteiger partial charge in [0, 0.05) is 39.3 Å². The van der Waals surface area contributed by atoms with Crippen molar-refractivity contribution in [3.05, 3.63) is 29.8 Å². The van der Waals surface area contributed by atoms with Gasteiger partial charge in [0.15, 0.2) is 5.96 Å².